The van der Waals surface area contributed by atoms with Gasteiger partial charge in [0.05, 0.1) is 6.20 Å². The van der Waals surface area contributed by atoms with Crippen LogP contribution in [-0.4, -0.2) is 15.2 Å². The maximum absolute atomic E-state index is 11.3. The summed E-state index contributed by atoms with van der Waals surface area (Å²) in [5, 5.41) is 0. The van der Waals surface area contributed by atoms with Gasteiger partial charge in [-0.2, -0.15) is 0 Å². The first kappa shape index (κ1) is 9.40. The monoisotopic (exact) mass is 252 g/mol. The van der Waals surface area contributed by atoms with E-state index in [-0.39, 0.29) is 5.78 Å². The molecule has 72 valence electrons. The van der Waals surface area contributed by atoms with Crippen molar-refractivity contribution < 1.29 is 4.79 Å². The summed E-state index contributed by atoms with van der Waals surface area (Å²) in [7, 11) is 0. The number of aromatic nitrogens is 2. The average Bonchev–Trinajstić information content (AvgIpc) is 2.47. The van der Waals surface area contributed by atoms with Gasteiger partial charge in [-0.3, -0.25) is 9.20 Å². The summed E-state index contributed by atoms with van der Waals surface area (Å²) in [6, 6.07) is 1.98. The Morgan fingerprint density at radius 2 is 2.29 bits per heavy atom. The maximum Gasteiger partial charge on any atom is 0.178 e. The van der Waals surface area contributed by atoms with Crippen molar-refractivity contribution in [1.29, 1.82) is 0 Å². The summed E-state index contributed by atoms with van der Waals surface area (Å²) >= 11 is 3.39. The number of halogens is 1. The number of carbonyl (C=O) groups is 1. The van der Waals surface area contributed by atoms with Crippen LogP contribution in [0.2, 0.25) is 0 Å². The molecule has 0 amide bonds. The molecule has 2 heterocycles. The van der Waals surface area contributed by atoms with Gasteiger partial charge in [0.2, 0.25) is 0 Å². The lowest BCUT2D eigenvalue weighted by Gasteiger charge is -2.01. The van der Waals surface area contributed by atoms with Gasteiger partial charge < -0.3 is 0 Å². The second kappa shape index (κ2) is 3.20. The molecule has 0 saturated heterocycles. The van der Waals surface area contributed by atoms with E-state index in [1.807, 2.05) is 23.6 Å². The zero-order valence-electron chi connectivity index (χ0n) is 7.91. The van der Waals surface area contributed by atoms with Gasteiger partial charge in [-0.05, 0) is 34.5 Å². The molecule has 0 unspecified atom stereocenters. The van der Waals surface area contributed by atoms with Crippen LogP contribution in [-0.2, 0) is 0 Å². The predicted molar refractivity (Wildman–Crippen MR) is 57.6 cm³/mol. The highest BCUT2D eigenvalue weighted by Crippen LogP contribution is 2.18. The Balaban J connectivity index is 2.85. The zero-order valence-corrected chi connectivity index (χ0v) is 9.50. The standard InChI is InChI=1S/C10H9BrN2O/c1-6-3-8(11)5-13-9(7(2)14)4-12-10(6)13/h3-5H,1-2H3. The third kappa shape index (κ3) is 1.35. The zero-order chi connectivity index (χ0) is 10.3. The molecule has 0 aliphatic heterocycles. The maximum atomic E-state index is 11.3. The van der Waals surface area contributed by atoms with Gasteiger partial charge in [-0.25, -0.2) is 4.98 Å². The van der Waals surface area contributed by atoms with Gasteiger partial charge >= 0.3 is 0 Å². The lowest BCUT2D eigenvalue weighted by Crippen LogP contribution is -1.98. The van der Waals surface area contributed by atoms with Gasteiger partial charge in [0.15, 0.2) is 5.78 Å². The summed E-state index contributed by atoms with van der Waals surface area (Å²) in [5.74, 6) is 0.0231. The van der Waals surface area contributed by atoms with Crippen molar-refractivity contribution in [3.05, 3.63) is 34.2 Å². The number of carbonyl (C=O) groups excluding carboxylic acids is 1. The van der Waals surface area contributed by atoms with Crippen LogP contribution in [0.4, 0.5) is 0 Å². The SMILES string of the molecule is CC(=O)c1cnc2c(C)cc(Br)cn12. The quantitative estimate of drug-likeness (QED) is 0.732. The molecule has 2 rings (SSSR count). The average molecular weight is 253 g/mol. The molecule has 2 aromatic heterocycles. The van der Waals surface area contributed by atoms with Crippen molar-refractivity contribution in [3.8, 4) is 0 Å². The van der Waals surface area contributed by atoms with Crippen LogP contribution in [0.3, 0.4) is 0 Å². The van der Waals surface area contributed by atoms with Crippen LogP contribution in [0.5, 0.6) is 0 Å². The molecule has 3 nitrogen and oxygen atoms in total. The largest absolute Gasteiger partial charge is 0.296 e. The molecule has 0 radical (unpaired) electrons. The van der Waals surface area contributed by atoms with Crippen LogP contribution in [0, 0.1) is 6.92 Å². The molecule has 0 spiro atoms. The molecule has 14 heavy (non-hydrogen) atoms. The summed E-state index contributed by atoms with van der Waals surface area (Å²) in [6.45, 7) is 3.51. The van der Waals surface area contributed by atoms with Crippen LogP contribution in [0.15, 0.2) is 22.9 Å². The van der Waals surface area contributed by atoms with E-state index >= 15 is 0 Å². The Hall–Kier alpha value is -1.16. The number of hydrogen-bond acceptors (Lipinski definition) is 2. The Kier molecular flexibility index (Phi) is 2.15. The fraction of sp³-hybridized carbons (Fsp3) is 0.200. The van der Waals surface area contributed by atoms with E-state index in [1.165, 1.54) is 0 Å². The number of aryl methyl sites for hydroxylation is 1. The number of pyridine rings is 1. The molecular formula is C10H9BrN2O. The van der Waals surface area contributed by atoms with Crippen molar-refractivity contribution in [3.63, 3.8) is 0 Å². The number of Topliss-reactive ketones (excluding diaryl/α,β-unsaturated/α-hetero) is 1. The summed E-state index contributed by atoms with van der Waals surface area (Å²) < 4.78 is 2.75. The second-order valence-corrected chi connectivity index (χ2v) is 4.15. The summed E-state index contributed by atoms with van der Waals surface area (Å²) in [4.78, 5) is 15.5. The molecule has 2 aromatic rings. The lowest BCUT2D eigenvalue weighted by atomic mass is 10.3. The molecule has 0 atom stereocenters. The Labute approximate surface area is 89.9 Å². The molecule has 0 aliphatic rings. The fourth-order valence-electron chi connectivity index (χ4n) is 1.48. The van der Waals surface area contributed by atoms with Gasteiger partial charge in [0.1, 0.15) is 11.3 Å². The second-order valence-electron chi connectivity index (χ2n) is 3.23. The molecule has 0 aromatic carbocycles. The minimum Gasteiger partial charge on any atom is -0.296 e. The van der Waals surface area contributed by atoms with Crippen molar-refractivity contribution in [2.75, 3.05) is 0 Å². The first-order valence-corrected chi connectivity index (χ1v) is 5.03. The molecular weight excluding hydrogens is 244 g/mol. The van der Waals surface area contributed by atoms with Crippen molar-refractivity contribution in [2.24, 2.45) is 0 Å². The highest BCUT2D eigenvalue weighted by molar-refractivity contribution is 9.10. The lowest BCUT2D eigenvalue weighted by molar-refractivity contribution is 0.101. The van der Waals surface area contributed by atoms with Crippen molar-refractivity contribution in [1.82, 2.24) is 9.38 Å². The van der Waals surface area contributed by atoms with Crippen molar-refractivity contribution in [2.45, 2.75) is 13.8 Å². The van der Waals surface area contributed by atoms with E-state index in [4.69, 9.17) is 0 Å². The topological polar surface area (TPSA) is 34.4 Å². The van der Waals surface area contributed by atoms with Crippen molar-refractivity contribution >= 4 is 27.4 Å². The fourth-order valence-corrected chi connectivity index (χ4v) is 2.02. The number of hydrogen-bond donors (Lipinski definition) is 0. The van der Waals surface area contributed by atoms with E-state index in [0.717, 1.165) is 15.7 Å². The van der Waals surface area contributed by atoms with Gasteiger partial charge in [0, 0.05) is 17.6 Å². The van der Waals surface area contributed by atoms with E-state index in [0.29, 0.717) is 5.69 Å². The Morgan fingerprint density at radius 3 is 2.93 bits per heavy atom. The van der Waals surface area contributed by atoms with Gasteiger partial charge in [-0.1, -0.05) is 0 Å². The van der Waals surface area contributed by atoms with E-state index in [1.54, 1.807) is 13.1 Å². The van der Waals surface area contributed by atoms with Gasteiger partial charge in [0.25, 0.3) is 0 Å². The Morgan fingerprint density at radius 1 is 1.57 bits per heavy atom. The molecule has 0 aliphatic carbocycles. The van der Waals surface area contributed by atoms with Crippen LogP contribution in [0.1, 0.15) is 23.0 Å². The van der Waals surface area contributed by atoms with E-state index < -0.39 is 0 Å². The number of fused-ring (bicyclic) bond motifs is 1. The van der Waals surface area contributed by atoms with E-state index in [2.05, 4.69) is 20.9 Å². The highest BCUT2D eigenvalue weighted by Gasteiger charge is 2.09. The number of ketones is 1. The van der Waals surface area contributed by atoms with Crippen LogP contribution < -0.4 is 0 Å². The summed E-state index contributed by atoms with van der Waals surface area (Å²) in [5.41, 5.74) is 2.50. The van der Waals surface area contributed by atoms with Crippen LogP contribution in [0.25, 0.3) is 5.65 Å². The minimum absolute atomic E-state index is 0.0231. The number of nitrogens with zero attached hydrogens (tertiary/aromatic N) is 2. The number of rotatable bonds is 1. The molecule has 0 bridgehead atoms. The molecule has 4 heteroatoms. The normalized spacial score (nSPS) is 10.8. The number of imidazole rings is 1. The minimum atomic E-state index is 0.0231. The van der Waals surface area contributed by atoms with Crippen LogP contribution >= 0.6 is 15.9 Å². The highest BCUT2D eigenvalue weighted by atomic mass is 79.9. The Bertz CT molecular complexity index is 516. The molecule has 0 saturated carbocycles. The first-order valence-electron chi connectivity index (χ1n) is 4.24. The van der Waals surface area contributed by atoms with E-state index in [9.17, 15) is 4.79 Å². The molecule has 0 fully saturated rings. The third-order valence-electron chi connectivity index (χ3n) is 2.12. The molecule has 0 N–H and O–H groups in total. The first-order chi connectivity index (χ1) is 6.59. The predicted octanol–water partition coefficient (Wildman–Crippen LogP) is 2.61. The summed E-state index contributed by atoms with van der Waals surface area (Å²) in [6.07, 6.45) is 3.46. The third-order valence-corrected chi connectivity index (χ3v) is 2.55. The smallest absolute Gasteiger partial charge is 0.178 e. The van der Waals surface area contributed by atoms with Gasteiger partial charge in [-0.15, -0.1) is 0 Å².